The number of hydrogen-bond acceptors (Lipinski definition) is 3. The van der Waals surface area contributed by atoms with Crippen molar-refractivity contribution in [2.75, 3.05) is 13.1 Å². The summed E-state index contributed by atoms with van der Waals surface area (Å²) < 4.78 is 37.7. The van der Waals surface area contributed by atoms with Crippen LogP contribution in [-0.2, 0) is 11.0 Å². The van der Waals surface area contributed by atoms with Gasteiger partial charge in [0.2, 0.25) is 0 Å². The van der Waals surface area contributed by atoms with Crippen molar-refractivity contribution in [3.8, 4) is 0 Å². The van der Waals surface area contributed by atoms with E-state index >= 15 is 0 Å². The van der Waals surface area contributed by atoms with Gasteiger partial charge in [-0.05, 0) is 36.8 Å². The maximum absolute atomic E-state index is 12.6. The zero-order chi connectivity index (χ0) is 17.6. The average Bonchev–Trinajstić information content (AvgIpc) is 3.23. The summed E-state index contributed by atoms with van der Waals surface area (Å²) in [7, 11) is 0. The van der Waals surface area contributed by atoms with Gasteiger partial charge in [0.25, 0.3) is 11.5 Å². The molecule has 1 aliphatic heterocycles. The van der Waals surface area contributed by atoms with Crippen molar-refractivity contribution in [1.82, 2.24) is 9.88 Å². The number of alkyl halides is 3. The maximum atomic E-state index is 12.6. The Kier molecular flexibility index (Phi) is 3.89. The van der Waals surface area contributed by atoms with Crippen LogP contribution in [0.4, 0.5) is 13.2 Å². The quantitative estimate of drug-likeness (QED) is 0.871. The summed E-state index contributed by atoms with van der Waals surface area (Å²) >= 11 is 0. The molecule has 1 saturated heterocycles. The van der Waals surface area contributed by atoms with Gasteiger partial charge in [-0.25, -0.2) is 0 Å². The molecule has 2 fully saturated rings. The Hall–Kier alpha value is -2.32. The molecule has 2 heterocycles. The van der Waals surface area contributed by atoms with E-state index in [2.05, 4.69) is 0 Å². The van der Waals surface area contributed by atoms with Gasteiger partial charge < -0.3 is 15.0 Å². The van der Waals surface area contributed by atoms with Crippen molar-refractivity contribution < 1.29 is 27.9 Å². The van der Waals surface area contributed by atoms with E-state index in [9.17, 15) is 32.7 Å². The van der Waals surface area contributed by atoms with Crippen LogP contribution in [0.5, 0.6) is 0 Å². The number of carbonyl (C=O) groups excluding carboxylic acids is 1. The number of pyridine rings is 1. The van der Waals surface area contributed by atoms with Gasteiger partial charge in [0, 0.05) is 13.1 Å². The smallest absolute Gasteiger partial charge is 0.431 e. The molecule has 0 spiro atoms. The predicted octanol–water partition coefficient (Wildman–Crippen LogP) is 1.58. The minimum absolute atomic E-state index is 0.0319. The monoisotopic (exact) mass is 344 g/mol. The highest BCUT2D eigenvalue weighted by molar-refractivity contribution is 5.94. The highest BCUT2D eigenvalue weighted by Crippen LogP contribution is 2.44. The van der Waals surface area contributed by atoms with Crippen LogP contribution in [0.3, 0.4) is 0 Å². The second-order valence-electron chi connectivity index (χ2n) is 6.27. The second-order valence-corrected chi connectivity index (χ2v) is 6.27. The molecule has 0 aromatic carbocycles. The number of nitrogens with zero attached hydrogens (tertiary/aromatic N) is 1. The molecule has 1 saturated carbocycles. The highest BCUT2D eigenvalue weighted by atomic mass is 19.4. The van der Waals surface area contributed by atoms with Crippen LogP contribution >= 0.6 is 0 Å². The van der Waals surface area contributed by atoms with Crippen LogP contribution in [0.25, 0.3) is 0 Å². The second kappa shape index (κ2) is 5.64. The topological polar surface area (TPSA) is 90.5 Å². The van der Waals surface area contributed by atoms with E-state index in [1.807, 2.05) is 0 Å². The number of hydrogen-bond donors (Lipinski definition) is 2. The fraction of sp³-hybridized carbons (Fsp3) is 0.533. The Morgan fingerprint density at radius 2 is 1.88 bits per heavy atom. The number of H-pyrrole nitrogens is 1. The number of rotatable bonds is 3. The summed E-state index contributed by atoms with van der Waals surface area (Å²) in [5.74, 6) is -2.34. The van der Waals surface area contributed by atoms with E-state index < -0.39 is 40.8 Å². The molecule has 6 nitrogen and oxygen atoms in total. The molecule has 2 N–H and O–H groups in total. The number of aromatic nitrogens is 1. The van der Waals surface area contributed by atoms with E-state index in [0.29, 0.717) is 6.07 Å². The summed E-state index contributed by atoms with van der Waals surface area (Å²) in [5.41, 5.74) is -2.77. The molecule has 130 valence electrons. The van der Waals surface area contributed by atoms with Crippen LogP contribution in [0.2, 0.25) is 0 Å². The van der Waals surface area contributed by atoms with Gasteiger partial charge in [-0.2, -0.15) is 13.2 Å². The maximum Gasteiger partial charge on any atom is 0.431 e. The molecule has 2 atom stereocenters. The predicted molar refractivity (Wildman–Crippen MR) is 75.3 cm³/mol. The average molecular weight is 344 g/mol. The SMILES string of the molecule is O=C(O)[C@@H]1CN(C(=O)c2ccc(C(F)(F)F)[nH]c2=O)C[C@H]1C1CC1. The Bertz CT molecular complexity index is 739. The molecular formula is C15H15F3N2O4. The molecule has 2 aliphatic rings. The van der Waals surface area contributed by atoms with Crippen molar-refractivity contribution in [3.05, 3.63) is 33.7 Å². The summed E-state index contributed by atoms with van der Waals surface area (Å²) in [4.78, 5) is 38.5. The number of carboxylic acids is 1. The summed E-state index contributed by atoms with van der Waals surface area (Å²) in [5, 5.41) is 9.28. The van der Waals surface area contributed by atoms with E-state index in [1.54, 1.807) is 4.98 Å². The lowest BCUT2D eigenvalue weighted by molar-refractivity contribution is -0.143. The molecule has 0 radical (unpaired) electrons. The van der Waals surface area contributed by atoms with Crippen molar-refractivity contribution in [2.45, 2.75) is 19.0 Å². The van der Waals surface area contributed by atoms with Crippen molar-refractivity contribution in [3.63, 3.8) is 0 Å². The Balaban J connectivity index is 1.82. The Morgan fingerprint density at radius 3 is 2.38 bits per heavy atom. The van der Waals surface area contributed by atoms with E-state index in [-0.39, 0.29) is 24.9 Å². The molecule has 1 aromatic heterocycles. The molecule has 0 unspecified atom stereocenters. The van der Waals surface area contributed by atoms with Crippen LogP contribution < -0.4 is 5.56 Å². The van der Waals surface area contributed by atoms with Crippen LogP contribution in [-0.4, -0.2) is 40.0 Å². The molecule has 1 aliphatic carbocycles. The van der Waals surface area contributed by atoms with Gasteiger partial charge >= 0.3 is 12.1 Å². The standard InChI is InChI=1S/C15H15F3N2O4/c16-15(17,18)11-4-3-8(12(21)19-11)13(22)20-5-9(7-1-2-7)10(6-20)14(23)24/h3-4,7,9-10H,1-2,5-6H2,(H,19,21)(H,23,24)/t9-,10+/m0/s1. The molecule has 24 heavy (non-hydrogen) atoms. The first-order valence-corrected chi connectivity index (χ1v) is 7.51. The Labute approximate surface area is 134 Å². The van der Waals surface area contributed by atoms with Crippen LogP contribution in [0.1, 0.15) is 28.9 Å². The van der Waals surface area contributed by atoms with Gasteiger partial charge in [0.05, 0.1) is 5.92 Å². The summed E-state index contributed by atoms with van der Waals surface area (Å²) in [6, 6.07) is 1.47. The number of halogens is 3. The lowest BCUT2D eigenvalue weighted by Crippen LogP contribution is -2.34. The number of likely N-dealkylation sites (tertiary alicyclic amines) is 1. The lowest BCUT2D eigenvalue weighted by Gasteiger charge is -2.16. The number of aliphatic carboxylic acids is 1. The van der Waals surface area contributed by atoms with Gasteiger partial charge in [0.15, 0.2) is 0 Å². The largest absolute Gasteiger partial charge is 0.481 e. The normalized spacial score (nSPS) is 24.2. The molecule has 1 amide bonds. The fourth-order valence-electron chi connectivity index (χ4n) is 3.24. The zero-order valence-corrected chi connectivity index (χ0v) is 12.5. The van der Waals surface area contributed by atoms with E-state index in [0.717, 1.165) is 18.9 Å². The molecule has 0 bridgehead atoms. The van der Waals surface area contributed by atoms with Crippen molar-refractivity contribution >= 4 is 11.9 Å². The van der Waals surface area contributed by atoms with Gasteiger partial charge in [-0.3, -0.25) is 14.4 Å². The number of carboxylic acid groups (broad SMARTS) is 1. The van der Waals surface area contributed by atoms with Crippen LogP contribution in [0, 0.1) is 17.8 Å². The third-order valence-corrected chi connectivity index (χ3v) is 4.64. The molecular weight excluding hydrogens is 329 g/mol. The van der Waals surface area contributed by atoms with Gasteiger partial charge in [-0.15, -0.1) is 0 Å². The third kappa shape index (κ3) is 3.02. The third-order valence-electron chi connectivity index (χ3n) is 4.64. The van der Waals surface area contributed by atoms with E-state index in [4.69, 9.17) is 0 Å². The number of amides is 1. The summed E-state index contributed by atoms with van der Waals surface area (Å²) in [6.45, 7) is 0.177. The molecule has 9 heteroatoms. The Morgan fingerprint density at radius 1 is 1.21 bits per heavy atom. The van der Waals surface area contributed by atoms with Gasteiger partial charge in [0.1, 0.15) is 11.3 Å². The first-order valence-electron chi connectivity index (χ1n) is 7.51. The number of carbonyl (C=O) groups is 2. The number of aromatic amines is 1. The van der Waals surface area contributed by atoms with Gasteiger partial charge in [-0.1, -0.05) is 0 Å². The minimum atomic E-state index is -4.71. The first kappa shape index (κ1) is 16.5. The molecule has 3 rings (SSSR count). The zero-order valence-electron chi connectivity index (χ0n) is 12.5. The van der Waals surface area contributed by atoms with Crippen molar-refractivity contribution in [2.24, 2.45) is 17.8 Å². The van der Waals surface area contributed by atoms with E-state index in [1.165, 1.54) is 4.90 Å². The van der Waals surface area contributed by atoms with Crippen LogP contribution in [0.15, 0.2) is 16.9 Å². The first-order chi connectivity index (χ1) is 11.2. The molecule has 1 aromatic rings. The number of nitrogens with one attached hydrogen (secondary N) is 1. The van der Waals surface area contributed by atoms with Crippen molar-refractivity contribution in [1.29, 1.82) is 0 Å². The highest BCUT2D eigenvalue weighted by Gasteiger charge is 2.47. The summed E-state index contributed by atoms with van der Waals surface area (Å²) in [6.07, 6.45) is -2.88. The minimum Gasteiger partial charge on any atom is -0.481 e. The fourth-order valence-corrected chi connectivity index (χ4v) is 3.24. The lowest BCUT2D eigenvalue weighted by atomic mass is 9.92.